The number of hydrogen-bond acceptors (Lipinski definition) is 3. The minimum Gasteiger partial charge on any atom is -0.325 e. The second-order valence-electron chi connectivity index (χ2n) is 5.22. The lowest BCUT2D eigenvalue weighted by atomic mass is 10.1. The van der Waals surface area contributed by atoms with Crippen LogP contribution < -0.4 is 5.32 Å². The summed E-state index contributed by atoms with van der Waals surface area (Å²) in [5.74, 6) is 0.0637. The van der Waals surface area contributed by atoms with Crippen molar-refractivity contribution in [3.63, 3.8) is 0 Å². The van der Waals surface area contributed by atoms with Crippen molar-refractivity contribution in [2.24, 2.45) is 0 Å². The Morgan fingerprint density at radius 2 is 1.83 bits per heavy atom. The zero-order chi connectivity index (χ0) is 16.9. The molecule has 2 aromatic carbocycles. The van der Waals surface area contributed by atoms with Crippen LogP contribution in [0, 0.1) is 0 Å². The van der Waals surface area contributed by atoms with Gasteiger partial charge in [0.15, 0.2) is 0 Å². The first-order chi connectivity index (χ1) is 11.6. The summed E-state index contributed by atoms with van der Waals surface area (Å²) in [5, 5.41) is 4.76. The summed E-state index contributed by atoms with van der Waals surface area (Å²) in [7, 11) is 0. The minimum absolute atomic E-state index is 0.00378. The van der Waals surface area contributed by atoms with Gasteiger partial charge in [-0.15, -0.1) is 11.8 Å². The molecule has 2 amide bonds. The fourth-order valence-electron chi connectivity index (χ4n) is 2.35. The molecule has 0 fully saturated rings. The van der Waals surface area contributed by atoms with Crippen LogP contribution in [-0.4, -0.2) is 29.0 Å². The molecule has 0 unspecified atom stereocenters. The molecule has 0 radical (unpaired) electrons. The molecule has 2 aromatic rings. The summed E-state index contributed by atoms with van der Waals surface area (Å²) < 4.78 is 0.943. The van der Waals surface area contributed by atoms with E-state index >= 15 is 0 Å². The quantitative estimate of drug-likeness (QED) is 0.841. The minimum atomic E-state index is -0.223. The van der Waals surface area contributed by atoms with Gasteiger partial charge >= 0.3 is 0 Å². The van der Waals surface area contributed by atoms with E-state index in [2.05, 4.69) is 21.2 Å². The van der Waals surface area contributed by atoms with Gasteiger partial charge in [0, 0.05) is 10.2 Å². The monoisotopic (exact) mass is 402 g/mol. The lowest BCUT2D eigenvalue weighted by molar-refractivity contribution is -0.129. The van der Waals surface area contributed by atoms with E-state index < -0.39 is 0 Å². The van der Waals surface area contributed by atoms with Gasteiger partial charge in [0.25, 0.3) is 0 Å². The van der Waals surface area contributed by atoms with E-state index in [1.165, 1.54) is 11.8 Å². The van der Waals surface area contributed by atoms with E-state index in [1.54, 1.807) is 4.90 Å². The highest BCUT2D eigenvalue weighted by Crippen LogP contribution is 2.28. The molecule has 0 spiro atoms. The largest absolute Gasteiger partial charge is 0.325 e. The Balaban J connectivity index is 1.74. The number of carbonyl (C=O) groups excluding carboxylic acids is 2. The highest BCUT2D eigenvalue weighted by atomic mass is 79.9. The summed E-state index contributed by atoms with van der Waals surface area (Å²) in [5.41, 5.74) is 2.39. The molecule has 0 aromatic heterocycles. The Labute approximate surface area is 153 Å². The highest BCUT2D eigenvalue weighted by Gasteiger charge is 2.25. The standard InChI is InChI=1S/C18H15BrN2O2S/c19-14-6-8-15(9-7-14)20-17(22)10-21-16(11-24-12-18(21)23)13-4-2-1-3-5-13/h1-9,11H,10,12H2,(H,20,22). The topological polar surface area (TPSA) is 49.4 Å². The van der Waals surface area contributed by atoms with Gasteiger partial charge in [-0.3, -0.25) is 9.59 Å². The molecular formula is C18H15BrN2O2S. The first-order valence-electron chi connectivity index (χ1n) is 7.36. The number of nitrogens with one attached hydrogen (secondary N) is 1. The molecule has 3 rings (SSSR count). The summed E-state index contributed by atoms with van der Waals surface area (Å²) >= 11 is 4.81. The van der Waals surface area contributed by atoms with Gasteiger partial charge < -0.3 is 10.2 Å². The summed E-state index contributed by atoms with van der Waals surface area (Å²) in [6, 6.07) is 17.0. The van der Waals surface area contributed by atoms with Crippen LogP contribution in [0.5, 0.6) is 0 Å². The van der Waals surface area contributed by atoms with Gasteiger partial charge in [0.1, 0.15) is 6.54 Å². The molecule has 6 heteroatoms. The van der Waals surface area contributed by atoms with Crippen LogP contribution in [0.4, 0.5) is 5.69 Å². The van der Waals surface area contributed by atoms with E-state index in [-0.39, 0.29) is 18.4 Å². The van der Waals surface area contributed by atoms with E-state index in [9.17, 15) is 9.59 Å². The van der Waals surface area contributed by atoms with Gasteiger partial charge in [-0.25, -0.2) is 0 Å². The van der Waals surface area contributed by atoms with Crippen LogP contribution in [0.25, 0.3) is 5.70 Å². The molecule has 1 N–H and O–H groups in total. The molecule has 0 atom stereocenters. The second-order valence-corrected chi connectivity index (χ2v) is 6.99. The van der Waals surface area contributed by atoms with Gasteiger partial charge in [0.05, 0.1) is 11.4 Å². The first kappa shape index (κ1) is 16.8. The lowest BCUT2D eigenvalue weighted by Gasteiger charge is -2.28. The zero-order valence-corrected chi connectivity index (χ0v) is 15.1. The van der Waals surface area contributed by atoms with E-state index in [1.807, 2.05) is 60.0 Å². The summed E-state index contributed by atoms with van der Waals surface area (Å²) in [6.07, 6.45) is 0. The number of rotatable bonds is 4. The lowest BCUT2D eigenvalue weighted by Crippen LogP contribution is -2.39. The molecule has 0 saturated heterocycles. The smallest absolute Gasteiger partial charge is 0.244 e. The average Bonchev–Trinajstić information content (AvgIpc) is 2.59. The maximum Gasteiger partial charge on any atom is 0.244 e. The third-order valence-corrected chi connectivity index (χ3v) is 4.83. The van der Waals surface area contributed by atoms with Gasteiger partial charge in [-0.05, 0) is 35.2 Å². The molecule has 24 heavy (non-hydrogen) atoms. The van der Waals surface area contributed by atoms with E-state index in [0.717, 1.165) is 15.7 Å². The maximum absolute atomic E-state index is 12.3. The normalized spacial score (nSPS) is 14.3. The number of carbonyl (C=O) groups is 2. The van der Waals surface area contributed by atoms with Crippen LogP contribution in [0.15, 0.2) is 64.5 Å². The Morgan fingerprint density at radius 3 is 2.54 bits per heavy atom. The van der Waals surface area contributed by atoms with Gasteiger partial charge in [0.2, 0.25) is 11.8 Å². The third kappa shape index (κ3) is 4.07. The molecule has 4 nitrogen and oxygen atoms in total. The molecule has 1 aliphatic rings. The number of anilines is 1. The number of amides is 2. The van der Waals surface area contributed by atoms with Crippen LogP contribution >= 0.6 is 27.7 Å². The molecule has 1 aliphatic heterocycles. The summed E-state index contributed by atoms with van der Waals surface area (Å²) in [6.45, 7) is -0.00378. The Morgan fingerprint density at radius 1 is 1.12 bits per heavy atom. The van der Waals surface area contributed by atoms with E-state index in [4.69, 9.17) is 0 Å². The first-order valence-corrected chi connectivity index (χ1v) is 9.20. The predicted molar refractivity (Wildman–Crippen MR) is 101 cm³/mol. The molecule has 0 aliphatic carbocycles. The molecule has 0 bridgehead atoms. The fourth-order valence-corrected chi connectivity index (χ4v) is 3.42. The van der Waals surface area contributed by atoms with E-state index in [0.29, 0.717) is 11.4 Å². The van der Waals surface area contributed by atoms with Crippen molar-refractivity contribution in [1.82, 2.24) is 4.90 Å². The highest BCUT2D eigenvalue weighted by molar-refractivity contribution is 9.10. The molecular weight excluding hydrogens is 388 g/mol. The summed E-state index contributed by atoms with van der Waals surface area (Å²) in [4.78, 5) is 26.2. The fraction of sp³-hybridized carbons (Fsp3) is 0.111. The number of benzene rings is 2. The Kier molecular flexibility index (Phi) is 5.37. The number of thioether (sulfide) groups is 1. The predicted octanol–water partition coefficient (Wildman–Crippen LogP) is 3.96. The van der Waals surface area contributed by atoms with Gasteiger partial charge in [-0.1, -0.05) is 46.3 Å². The SMILES string of the molecule is O=C(CN1C(=O)CSC=C1c1ccccc1)Nc1ccc(Br)cc1. The van der Waals surface area contributed by atoms with Crippen molar-refractivity contribution in [3.05, 3.63) is 70.0 Å². The van der Waals surface area contributed by atoms with Crippen molar-refractivity contribution in [2.45, 2.75) is 0 Å². The molecule has 0 saturated carbocycles. The second kappa shape index (κ2) is 7.68. The Bertz CT molecular complexity index is 775. The Hall–Kier alpha value is -2.05. The maximum atomic E-state index is 12.3. The number of hydrogen-bond donors (Lipinski definition) is 1. The van der Waals surface area contributed by atoms with Crippen molar-refractivity contribution in [1.29, 1.82) is 0 Å². The van der Waals surface area contributed by atoms with Crippen molar-refractivity contribution in [3.8, 4) is 0 Å². The van der Waals surface area contributed by atoms with Crippen LogP contribution in [-0.2, 0) is 9.59 Å². The van der Waals surface area contributed by atoms with Crippen molar-refractivity contribution >= 4 is 50.9 Å². The van der Waals surface area contributed by atoms with Crippen LogP contribution in [0.3, 0.4) is 0 Å². The van der Waals surface area contributed by atoms with Crippen LogP contribution in [0.2, 0.25) is 0 Å². The average molecular weight is 403 g/mol. The number of halogens is 1. The molecule has 1 heterocycles. The van der Waals surface area contributed by atoms with Crippen molar-refractivity contribution in [2.75, 3.05) is 17.6 Å². The third-order valence-electron chi connectivity index (χ3n) is 3.49. The zero-order valence-electron chi connectivity index (χ0n) is 12.7. The number of nitrogens with zero attached hydrogens (tertiary/aromatic N) is 1. The van der Waals surface area contributed by atoms with Crippen LogP contribution in [0.1, 0.15) is 5.56 Å². The van der Waals surface area contributed by atoms with Crippen molar-refractivity contribution < 1.29 is 9.59 Å². The van der Waals surface area contributed by atoms with Gasteiger partial charge in [-0.2, -0.15) is 0 Å². The molecule has 122 valence electrons.